The fourth-order valence-corrected chi connectivity index (χ4v) is 1.83. The SMILES string of the molecule is CCOc1cncc(C(CC)C(C)Cl)n1. The highest BCUT2D eigenvalue weighted by Crippen LogP contribution is 2.25. The summed E-state index contributed by atoms with van der Waals surface area (Å²) in [5.74, 6) is 0.810. The molecule has 2 atom stereocenters. The Morgan fingerprint density at radius 1 is 1.40 bits per heavy atom. The van der Waals surface area contributed by atoms with Crippen LogP contribution < -0.4 is 4.74 Å². The van der Waals surface area contributed by atoms with Gasteiger partial charge in [-0.1, -0.05) is 6.92 Å². The van der Waals surface area contributed by atoms with E-state index >= 15 is 0 Å². The zero-order valence-corrected chi connectivity index (χ0v) is 10.2. The quantitative estimate of drug-likeness (QED) is 0.727. The highest BCUT2D eigenvalue weighted by atomic mass is 35.5. The fraction of sp³-hybridized carbons (Fsp3) is 0.636. The molecule has 3 nitrogen and oxygen atoms in total. The lowest BCUT2D eigenvalue weighted by Crippen LogP contribution is -2.11. The monoisotopic (exact) mass is 228 g/mol. The maximum Gasteiger partial charge on any atom is 0.232 e. The van der Waals surface area contributed by atoms with Gasteiger partial charge >= 0.3 is 0 Å². The lowest BCUT2D eigenvalue weighted by atomic mass is 9.99. The Labute approximate surface area is 95.8 Å². The second-order valence-electron chi connectivity index (χ2n) is 3.41. The smallest absolute Gasteiger partial charge is 0.232 e. The molecule has 0 N–H and O–H groups in total. The Kier molecular flexibility index (Phi) is 4.82. The summed E-state index contributed by atoms with van der Waals surface area (Å²) in [5, 5.41) is 0.0566. The van der Waals surface area contributed by atoms with Gasteiger partial charge in [0, 0.05) is 17.5 Å². The minimum absolute atomic E-state index is 0.0566. The van der Waals surface area contributed by atoms with Gasteiger partial charge in [0.15, 0.2) is 0 Å². The van der Waals surface area contributed by atoms with E-state index in [1.807, 2.05) is 13.8 Å². The van der Waals surface area contributed by atoms with Crippen LogP contribution in [0.5, 0.6) is 5.88 Å². The van der Waals surface area contributed by atoms with Crippen molar-refractivity contribution in [2.24, 2.45) is 0 Å². The minimum Gasteiger partial charge on any atom is -0.477 e. The minimum atomic E-state index is 0.0566. The van der Waals surface area contributed by atoms with Crippen LogP contribution in [0, 0.1) is 0 Å². The molecule has 0 fully saturated rings. The van der Waals surface area contributed by atoms with Crippen molar-refractivity contribution in [1.82, 2.24) is 9.97 Å². The van der Waals surface area contributed by atoms with Gasteiger partial charge in [0.05, 0.1) is 18.5 Å². The molecule has 84 valence electrons. The molecule has 0 radical (unpaired) electrons. The van der Waals surface area contributed by atoms with Crippen molar-refractivity contribution in [3.63, 3.8) is 0 Å². The first-order chi connectivity index (χ1) is 7.19. The third kappa shape index (κ3) is 3.34. The van der Waals surface area contributed by atoms with E-state index in [2.05, 4.69) is 16.9 Å². The van der Waals surface area contributed by atoms with E-state index in [4.69, 9.17) is 16.3 Å². The summed E-state index contributed by atoms with van der Waals surface area (Å²) in [6.45, 7) is 6.60. The maximum atomic E-state index is 6.10. The molecule has 0 bridgehead atoms. The van der Waals surface area contributed by atoms with Crippen molar-refractivity contribution < 1.29 is 4.74 Å². The van der Waals surface area contributed by atoms with Gasteiger partial charge in [0.1, 0.15) is 0 Å². The van der Waals surface area contributed by atoms with Gasteiger partial charge in [-0.2, -0.15) is 0 Å². The van der Waals surface area contributed by atoms with Crippen LogP contribution >= 0.6 is 11.6 Å². The lowest BCUT2D eigenvalue weighted by Gasteiger charge is -2.16. The molecule has 1 heterocycles. The van der Waals surface area contributed by atoms with Gasteiger partial charge < -0.3 is 4.74 Å². The van der Waals surface area contributed by atoms with Crippen LogP contribution in [-0.4, -0.2) is 22.0 Å². The Hall–Kier alpha value is -0.830. The summed E-state index contributed by atoms with van der Waals surface area (Å²) in [6, 6.07) is 0. The van der Waals surface area contributed by atoms with E-state index in [0.717, 1.165) is 12.1 Å². The van der Waals surface area contributed by atoms with Crippen LogP contribution in [0.25, 0.3) is 0 Å². The molecule has 2 unspecified atom stereocenters. The molecule has 1 aromatic rings. The fourth-order valence-electron chi connectivity index (χ4n) is 1.53. The van der Waals surface area contributed by atoms with Gasteiger partial charge in [0.25, 0.3) is 0 Å². The first kappa shape index (κ1) is 12.2. The molecule has 0 saturated heterocycles. The number of nitrogens with zero attached hydrogens (tertiary/aromatic N) is 2. The summed E-state index contributed by atoms with van der Waals surface area (Å²) in [4.78, 5) is 8.49. The van der Waals surface area contributed by atoms with Gasteiger partial charge in [-0.05, 0) is 20.3 Å². The summed E-state index contributed by atoms with van der Waals surface area (Å²) >= 11 is 6.10. The zero-order chi connectivity index (χ0) is 11.3. The Morgan fingerprint density at radius 2 is 2.13 bits per heavy atom. The molecule has 0 amide bonds. The molecule has 0 spiro atoms. The van der Waals surface area contributed by atoms with E-state index in [1.54, 1.807) is 12.4 Å². The van der Waals surface area contributed by atoms with Crippen molar-refractivity contribution >= 4 is 11.6 Å². The van der Waals surface area contributed by atoms with Gasteiger partial charge in [-0.3, -0.25) is 4.98 Å². The van der Waals surface area contributed by atoms with E-state index in [1.165, 1.54) is 0 Å². The maximum absolute atomic E-state index is 6.10. The Bertz CT molecular complexity index is 304. The van der Waals surface area contributed by atoms with Crippen LogP contribution in [0.1, 0.15) is 38.8 Å². The van der Waals surface area contributed by atoms with Crippen LogP contribution in [0.3, 0.4) is 0 Å². The molecule has 15 heavy (non-hydrogen) atoms. The number of hydrogen-bond donors (Lipinski definition) is 0. The highest BCUT2D eigenvalue weighted by Gasteiger charge is 2.17. The van der Waals surface area contributed by atoms with Crippen LogP contribution in [0.4, 0.5) is 0 Å². The van der Waals surface area contributed by atoms with E-state index < -0.39 is 0 Å². The zero-order valence-electron chi connectivity index (χ0n) is 9.40. The summed E-state index contributed by atoms with van der Waals surface area (Å²) < 4.78 is 5.30. The Morgan fingerprint density at radius 3 is 2.67 bits per heavy atom. The van der Waals surface area contributed by atoms with Crippen molar-refractivity contribution in [2.45, 2.75) is 38.5 Å². The third-order valence-electron chi connectivity index (χ3n) is 2.30. The van der Waals surface area contributed by atoms with Gasteiger partial charge in [-0.25, -0.2) is 4.98 Å². The standard InChI is InChI=1S/C11H17ClN2O/c1-4-9(8(3)12)10-6-13-7-11(14-10)15-5-2/h6-9H,4-5H2,1-3H3. The number of ether oxygens (including phenoxy) is 1. The van der Waals surface area contributed by atoms with E-state index in [0.29, 0.717) is 12.5 Å². The molecule has 0 aliphatic carbocycles. The summed E-state index contributed by atoms with van der Waals surface area (Å²) in [7, 11) is 0. The number of hydrogen-bond acceptors (Lipinski definition) is 3. The van der Waals surface area contributed by atoms with Gasteiger partial charge in [0.2, 0.25) is 5.88 Å². The highest BCUT2D eigenvalue weighted by molar-refractivity contribution is 6.20. The molecular weight excluding hydrogens is 212 g/mol. The molecule has 0 aromatic carbocycles. The molecule has 4 heteroatoms. The van der Waals surface area contributed by atoms with Crippen molar-refractivity contribution in [3.8, 4) is 5.88 Å². The van der Waals surface area contributed by atoms with E-state index in [-0.39, 0.29) is 11.3 Å². The molecule has 0 aliphatic heterocycles. The lowest BCUT2D eigenvalue weighted by molar-refractivity contribution is 0.323. The first-order valence-electron chi connectivity index (χ1n) is 5.27. The summed E-state index contributed by atoms with van der Waals surface area (Å²) in [6.07, 6.45) is 4.34. The van der Waals surface area contributed by atoms with E-state index in [9.17, 15) is 0 Å². The second kappa shape index (κ2) is 5.91. The third-order valence-corrected chi connectivity index (χ3v) is 2.60. The second-order valence-corrected chi connectivity index (χ2v) is 4.10. The molecule has 0 aliphatic rings. The summed E-state index contributed by atoms with van der Waals surface area (Å²) in [5.41, 5.74) is 0.908. The number of aromatic nitrogens is 2. The van der Waals surface area contributed by atoms with Crippen LogP contribution in [0.2, 0.25) is 0 Å². The van der Waals surface area contributed by atoms with Crippen LogP contribution in [0.15, 0.2) is 12.4 Å². The molecular formula is C11H17ClN2O. The Balaban J connectivity index is 2.87. The van der Waals surface area contributed by atoms with Crippen molar-refractivity contribution in [1.29, 1.82) is 0 Å². The number of alkyl halides is 1. The van der Waals surface area contributed by atoms with Crippen molar-refractivity contribution in [2.75, 3.05) is 6.61 Å². The average Bonchev–Trinajstić information content (AvgIpc) is 2.19. The normalized spacial score (nSPS) is 14.7. The topological polar surface area (TPSA) is 35.0 Å². The first-order valence-corrected chi connectivity index (χ1v) is 5.71. The molecule has 1 rings (SSSR count). The largest absolute Gasteiger partial charge is 0.477 e. The molecule has 1 aromatic heterocycles. The number of rotatable bonds is 5. The van der Waals surface area contributed by atoms with Gasteiger partial charge in [-0.15, -0.1) is 11.6 Å². The van der Waals surface area contributed by atoms with Crippen LogP contribution in [-0.2, 0) is 0 Å². The van der Waals surface area contributed by atoms with Crippen molar-refractivity contribution in [3.05, 3.63) is 18.1 Å². The number of halogens is 1. The predicted octanol–water partition coefficient (Wildman–Crippen LogP) is 3.00. The predicted molar refractivity (Wildman–Crippen MR) is 61.5 cm³/mol. The molecule has 0 saturated carbocycles. The average molecular weight is 229 g/mol.